The van der Waals surface area contributed by atoms with Crippen molar-refractivity contribution in [3.8, 4) is 0 Å². The van der Waals surface area contributed by atoms with Crippen molar-refractivity contribution in [1.82, 2.24) is 5.32 Å². The number of halogens is 4. The third-order valence-corrected chi connectivity index (χ3v) is 2.42. The van der Waals surface area contributed by atoms with Crippen LogP contribution in [0.5, 0.6) is 0 Å². The zero-order valence-corrected chi connectivity index (χ0v) is 10.2. The van der Waals surface area contributed by atoms with Gasteiger partial charge in [0.15, 0.2) is 0 Å². The lowest BCUT2D eigenvalue weighted by Gasteiger charge is -2.11. The first kappa shape index (κ1) is 15.4. The highest BCUT2D eigenvalue weighted by Gasteiger charge is 2.34. The Morgan fingerprint density at radius 2 is 2.05 bits per heavy atom. The van der Waals surface area contributed by atoms with Crippen molar-refractivity contribution in [1.29, 1.82) is 0 Å². The maximum Gasteiger partial charge on any atom is 0.419 e. The van der Waals surface area contributed by atoms with E-state index in [0.29, 0.717) is 18.6 Å². The molecule has 1 aromatic rings. The molecular formula is C12H14F4N2O. The highest BCUT2D eigenvalue weighted by molar-refractivity contribution is 5.94. The van der Waals surface area contributed by atoms with Crippen LogP contribution in [0.15, 0.2) is 18.2 Å². The smallest absolute Gasteiger partial charge is 0.352 e. The number of carbonyl (C=O) groups is 1. The first-order valence-electron chi connectivity index (χ1n) is 5.62. The van der Waals surface area contributed by atoms with Gasteiger partial charge < -0.3 is 11.1 Å². The number of hydrogen-bond acceptors (Lipinski definition) is 2. The monoisotopic (exact) mass is 278 g/mol. The first-order chi connectivity index (χ1) is 8.71. The largest absolute Gasteiger partial charge is 0.419 e. The van der Waals surface area contributed by atoms with Crippen LogP contribution in [0.25, 0.3) is 0 Å². The maximum atomic E-state index is 13.0. The van der Waals surface area contributed by atoms with Gasteiger partial charge in [0.25, 0.3) is 5.91 Å². The van der Waals surface area contributed by atoms with Crippen molar-refractivity contribution in [2.75, 3.05) is 6.54 Å². The quantitative estimate of drug-likeness (QED) is 0.830. The van der Waals surface area contributed by atoms with E-state index in [-0.39, 0.29) is 18.2 Å². The molecule has 1 rings (SSSR count). The van der Waals surface area contributed by atoms with Crippen LogP contribution >= 0.6 is 0 Å². The lowest BCUT2D eigenvalue weighted by atomic mass is 10.1. The van der Waals surface area contributed by atoms with Crippen molar-refractivity contribution in [2.45, 2.75) is 25.6 Å². The van der Waals surface area contributed by atoms with Crippen molar-refractivity contribution in [2.24, 2.45) is 5.73 Å². The molecule has 1 amide bonds. The van der Waals surface area contributed by atoms with E-state index in [1.165, 1.54) is 0 Å². The molecule has 0 spiro atoms. The summed E-state index contributed by atoms with van der Waals surface area (Å²) >= 11 is 0. The maximum absolute atomic E-state index is 13.0. The fourth-order valence-electron chi connectivity index (χ4n) is 1.40. The van der Waals surface area contributed by atoms with Gasteiger partial charge in [-0.15, -0.1) is 0 Å². The van der Waals surface area contributed by atoms with Crippen LogP contribution in [0.3, 0.4) is 0 Å². The summed E-state index contributed by atoms with van der Waals surface area (Å²) in [6.07, 6.45) is -4.33. The standard InChI is InChI=1S/C12H14F4N2O/c1-7(17)4-5-18-11(19)8-2-3-10(13)9(6-8)12(14,15)16/h2-3,6-7H,4-5,17H2,1H3,(H,18,19). The predicted molar refractivity (Wildman–Crippen MR) is 62.0 cm³/mol. The normalized spacial score (nSPS) is 13.2. The fraction of sp³-hybridized carbons (Fsp3) is 0.417. The highest BCUT2D eigenvalue weighted by atomic mass is 19.4. The summed E-state index contributed by atoms with van der Waals surface area (Å²) in [6, 6.07) is 2.00. The van der Waals surface area contributed by atoms with Gasteiger partial charge in [0.2, 0.25) is 0 Å². The van der Waals surface area contributed by atoms with Crippen molar-refractivity contribution < 1.29 is 22.4 Å². The molecule has 0 aliphatic carbocycles. The Balaban J connectivity index is 2.82. The van der Waals surface area contributed by atoms with Crippen molar-refractivity contribution >= 4 is 5.91 Å². The molecule has 1 unspecified atom stereocenters. The van der Waals surface area contributed by atoms with Crippen LogP contribution < -0.4 is 11.1 Å². The van der Waals surface area contributed by atoms with Gasteiger partial charge in [-0.3, -0.25) is 4.79 Å². The molecular weight excluding hydrogens is 264 g/mol. The van der Waals surface area contributed by atoms with Gasteiger partial charge in [-0.05, 0) is 31.5 Å². The van der Waals surface area contributed by atoms with Crippen molar-refractivity contribution in [3.05, 3.63) is 35.1 Å². The van der Waals surface area contributed by atoms with Crippen LogP contribution in [-0.2, 0) is 6.18 Å². The summed E-state index contributed by atoms with van der Waals surface area (Å²) in [4.78, 5) is 11.6. The topological polar surface area (TPSA) is 55.1 Å². The number of rotatable bonds is 4. The zero-order valence-electron chi connectivity index (χ0n) is 10.2. The Morgan fingerprint density at radius 3 is 2.58 bits per heavy atom. The van der Waals surface area contributed by atoms with Gasteiger partial charge in [0, 0.05) is 18.2 Å². The fourth-order valence-corrected chi connectivity index (χ4v) is 1.40. The van der Waals surface area contributed by atoms with Gasteiger partial charge in [0.1, 0.15) is 5.82 Å². The van der Waals surface area contributed by atoms with Gasteiger partial charge in [-0.2, -0.15) is 13.2 Å². The van der Waals surface area contributed by atoms with Crippen LogP contribution in [0.4, 0.5) is 17.6 Å². The second-order valence-corrected chi connectivity index (χ2v) is 4.21. The molecule has 0 aromatic heterocycles. The summed E-state index contributed by atoms with van der Waals surface area (Å²) in [5, 5.41) is 2.42. The predicted octanol–water partition coefficient (Wildman–Crippen LogP) is 2.31. The number of hydrogen-bond donors (Lipinski definition) is 2. The SMILES string of the molecule is CC(N)CCNC(=O)c1ccc(F)c(C(F)(F)F)c1. The molecule has 0 radical (unpaired) electrons. The summed E-state index contributed by atoms with van der Waals surface area (Å²) < 4.78 is 50.4. The van der Waals surface area contributed by atoms with E-state index in [0.717, 1.165) is 6.07 Å². The minimum absolute atomic E-state index is 0.126. The lowest BCUT2D eigenvalue weighted by molar-refractivity contribution is -0.140. The summed E-state index contributed by atoms with van der Waals surface area (Å²) in [6.45, 7) is 1.99. The zero-order chi connectivity index (χ0) is 14.6. The molecule has 1 aromatic carbocycles. The van der Waals surface area contributed by atoms with Gasteiger partial charge in [-0.1, -0.05) is 0 Å². The number of nitrogens with two attached hydrogens (primary N) is 1. The molecule has 1 atom stereocenters. The third kappa shape index (κ3) is 4.51. The molecule has 3 nitrogen and oxygen atoms in total. The van der Waals surface area contributed by atoms with Crippen LogP contribution in [0.1, 0.15) is 29.3 Å². The van der Waals surface area contributed by atoms with E-state index >= 15 is 0 Å². The molecule has 0 bridgehead atoms. The van der Waals surface area contributed by atoms with E-state index in [1.807, 2.05) is 0 Å². The summed E-state index contributed by atoms with van der Waals surface area (Å²) in [7, 11) is 0. The Morgan fingerprint density at radius 1 is 1.42 bits per heavy atom. The Bertz CT molecular complexity index is 458. The molecule has 7 heteroatoms. The van der Waals surface area contributed by atoms with E-state index in [4.69, 9.17) is 5.73 Å². The average molecular weight is 278 g/mol. The number of benzene rings is 1. The number of amides is 1. The second-order valence-electron chi connectivity index (χ2n) is 4.21. The summed E-state index contributed by atoms with van der Waals surface area (Å²) in [5.74, 6) is -2.09. The van der Waals surface area contributed by atoms with E-state index in [9.17, 15) is 22.4 Å². The lowest BCUT2D eigenvalue weighted by Crippen LogP contribution is -2.29. The van der Waals surface area contributed by atoms with Gasteiger partial charge >= 0.3 is 6.18 Å². The molecule has 3 N–H and O–H groups in total. The molecule has 0 fully saturated rings. The molecule has 19 heavy (non-hydrogen) atoms. The summed E-state index contributed by atoms with van der Waals surface area (Å²) in [5.41, 5.74) is 3.78. The highest BCUT2D eigenvalue weighted by Crippen LogP contribution is 2.31. The van der Waals surface area contributed by atoms with Gasteiger partial charge in [-0.25, -0.2) is 4.39 Å². The van der Waals surface area contributed by atoms with Crippen LogP contribution in [0, 0.1) is 5.82 Å². The Labute approximate surface area is 107 Å². The van der Waals surface area contributed by atoms with Crippen molar-refractivity contribution in [3.63, 3.8) is 0 Å². The molecule has 0 saturated heterocycles. The molecule has 0 heterocycles. The first-order valence-corrected chi connectivity index (χ1v) is 5.62. The molecule has 0 aliphatic rings. The molecule has 0 saturated carbocycles. The van der Waals surface area contributed by atoms with Crippen LogP contribution in [0.2, 0.25) is 0 Å². The number of nitrogens with one attached hydrogen (secondary N) is 1. The Kier molecular flexibility index (Phi) is 4.88. The van der Waals surface area contributed by atoms with E-state index in [2.05, 4.69) is 5.32 Å². The van der Waals surface area contributed by atoms with E-state index < -0.39 is 23.5 Å². The van der Waals surface area contributed by atoms with Gasteiger partial charge in [0.05, 0.1) is 5.56 Å². The van der Waals surface area contributed by atoms with Crippen LogP contribution in [-0.4, -0.2) is 18.5 Å². The van der Waals surface area contributed by atoms with E-state index in [1.54, 1.807) is 6.92 Å². The minimum atomic E-state index is -4.83. The second kappa shape index (κ2) is 6.01. The molecule has 0 aliphatic heterocycles. The average Bonchev–Trinajstić information content (AvgIpc) is 2.27. The Hall–Kier alpha value is -1.63. The number of carbonyl (C=O) groups excluding carboxylic acids is 1. The molecule has 106 valence electrons. The third-order valence-electron chi connectivity index (χ3n) is 2.42. The number of alkyl halides is 3. The minimum Gasteiger partial charge on any atom is -0.352 e.